The SMILES string of the molecule is CC(C)(C)CNc1ccc(-c2cnc[nH]2)cc1. The van der Waals surface area contributed by atoms with Crippen molar-refractivity contribution in [3.8, 4) is 11.3 Å². The van der Waals surface area contributed by atoms with E-state index in [4.69, 9.17) is 0 Å². The summed E-state index contributed by atoms with van der Waals surface area (Å²) in [6, 6.07) is 8.39. The summed E-state index contributed by atoms with van der Waals surface area (Å²) in [5.74, 6) is 0. The predicted octanol–water partition coefficient (Wildman–Crippen LogP) is 3.53. The maximum absolute atomic E-state index is 4.02. The van der Waals surface area contributed by atoms with Crippen LogP contribution in [-0.4, -0.2) is 16.5 Å². The lowest BCUT2D eigenvalue weighted by atomic mass is 9.97. The van der Waals surface area contributed by atoms with Crippen LogP contribution in [-0.2, 0) is 0 Å². The van der Waals surface area contributed by atoms with Gasteiger partial charge in [0.2, 0.25) is 0 Å². The first kappa shape index (κ1) is 11.7. The zero-order chi connectivity index (χ0) is 12.3. The Kier molecular flexibility index (Phi) is 3.18. The Morgan fingerprint density at radius 1 is 1.18 bits per heavy atom. The van der Waals surface area contributed by atoms with Crippen LogP contribution in [0.1, 0.15) is 20.8 Å². The molecular formula is C14H19N3. The molecule has 2 N–H and O–H groups in total. The Bertz CT molecular complexity index is 449. The van der Waals surface area contributed by atoms with Gasteiger partial charge in [0, 0.05) is 12.2 Å². The molecular weight excluding hydrogens is 210 g/mol. The average molecular weight is 229 g/mol. The first-order chi connectivity index (χ1) is 8.04. The lowest BCUT2D eigenvalue weighted by molar-refractivity contribution is 0.443. The Balaban J connectivity index is 2.04. The molecule has 0 aliphatic carbocycles. The minimum Gasteiger partial charge on any atom is -0.385 e. The van der Waals surface area contributed by atoms with E-state index in [1.807, 2.05) is 6.20 Å². The molecule has 1 aromatic carbocycles. The molecule has 0 aliphatic rings. The largest absolute Gasteiger partial charge is 0.385 e. The molecule has 0 bridgehead atoms. The summed E-state index contributed by atoms with van der Waals surface area (Å²) in [5, 5.41) is 3.43. The molecule has 1 heterocycles. The summed E-state index contributed by atoms with van der Waals surface area (Å²) in [6.07, 6.45) is 3.53. The normalized spacial score (nSPS) is 11.5. The van der Waals surface area contributed by atoms with Crippen LogP contribution in [0.2, 0.25) is 0 Å². The van der Waals surface area contributed by atoms with E-state index in [1.54, 1.807) is 6.33 Å². The highest BCUT2D eigenvalue weighted by atomic mass is 14.9. The van der Waals surface area contributed by atoms with Crippen molar-refractivity contribution >= 4 is 5.69 Å². The molecule has 0 saturated heterocycles. The van der Waals surface area contributed by atoms with E-state index in [0.717, 1.165) is 23.5 Å². The van der Waals surface area contributed by atoms with E-state index in [-0.39, 0.29) is 0 Å². The number of benzene rings is 1. The lowest BCUT2D eigenvalue weighted by Gasteiger charge is -2.19. The van der Waals surface area contributed by atoms with Crippen LogP contribution in [0.25, 0.3) is 11.3 Å². The van der Waals surface area contributed by atoms with E-state index in [1.165, 1.54) is 0 Å². The Labute approximate surface area is 102 Å². The Morgan fingerprint density at radius 2 is 1.88 bits per heavy atom. The summed E-state index contributed by atoms with van der Waals surface area (Å²) < 4.78 is 0. The molecule has 0 unspecified atom stereocenters. The fourth-order valence-corrected chi connectivity index (χ4v) is 1.55. The van der Waals surface area contributed by atoms with Gasteiger partial charge in [-0.15, -0.1) is 0 Å². The molecule has 0 aliphatic heterocycles. The zero-order valence-electron chi connectivity index (χ0n) is 10.6. The van der Waals surface area contributed by atoms with Gasteiger partial charge in [-0.25, -0.2) is 4.98 Å². The van der Waals surface area contributed by atoms with Crippen LogP contribution in [0, 0.1) is 5.41 Å². The molecule has 0 radical (unpaired) electrons. The highest BCUT2D eigenvalue weighted by Gasteiger charge is 2.09. The number of nitrogens with zero attached hydrogens (tertiary/aromatic N) is 1. The van der Waals surface area contributed by atoms with Crippen molar-refractivity contribution in [2.75, 3.05) is 11.9 Å². The predicted molar refractivity (Wildman–Crippen MR) is 72.0 cm³/mol. The summed E-state index contributed by atoms with van der Waals surface area (Å²) >= 11 is 0. The minimum absolute atomic E-state index is 0.294. The average Bonchev–Trinajstić information content (AvgIpc) is 2.79. The molecule has 2 rings (SSSR count). The van der Waals surface area contributed by atoms with E-state index in [9.17, 15) is 0 Å². The lowest BCUT2D eigenvalue weighted by Crippen LogP contribution is -2.18. The van der Waals surface area contributed by atoms with Gasteiger partial charge in [0.15, 0.2) is 0 Å². The number of aromatic nitrogens is 2. The van der Waals surface area contributed by atoms with Gasteiger partial charge in [-0.2, -0.15) is 0 Å². The second kappa shape index (κ2) is 4.62. The van der Waals surface area contributed by atoms with Crippen molar-refractivity contribution in [3.05, 3.63) is 36.8 Å². The Hall–Kier alpha value is -1.77. The van der Waals surface area contributed by atoms with Gasteiger partial charge in [-0.1, -0.05) is 32.9 Å². The van der Waals surface area contributed by atoms with E-state index in [2.05, 4.69) is 60.3 Å². The number of rotatable bonds is 3. The molecule has 3 heteroatoms. The fourth-order valence-electron chi connectivity index (χ4n) is 1.55. The summed E-state index contributed by atoms with van der Waals surface area (Å²) in [5.41, 5.74) is 3.65. The maximum Gasteiger partial charge on any atom is 0.0924 e. The van der Waals surface area contributed by atoms with Crippen LogP contribution in [0.4, 0.5) is 5.69 Å². The number of nitrogens with one attached hydrogen (secondary N) is 2. The Morgan fingerprint density at radius 3 is 2.41 bits per heavy atom. The van der Waals surface area contributed by atoms with Crippen LogP contribution in [0.15, 0.2) is 36.8 Å². The van der Waals surface area contributed by atoms with Gasteiger partial charge in [0.05, 0.1) is 18.2 Å². The summed E-state index contributed by atoms with van der Waals surface area (Å²) in [6.45, 7) is 7.63. The van der Waals surface area contributed by atoms with Crippen molar-refractivity contribution in [1.29, 1.82) is 0 Å². The first-order valence-electron chi connectivity index (χ1n) is 5.87. The van der Waals surface area contributed by atoms with Crippen molar-refractivity contribution in [1.82, 2.24) is 9.97 Å². The maximum atomic E-state index is 4.02. The third-order valence-electron chi connectivity index (χ3n) is 2.52. The van der Waals surface area contributed by atoms with Crippen LogP contribution >= 0.6 is 0 Å². The van der Waals surface area contributed by atoms with Crippen LogP contribution in [0.3, 0.4) is 0 Å². The van der Waals surface area contributed by atoms with Gasteiger partial charge < -0.3 is 10.3 Å². The molecule has 1 aromatic heterocycles. The molecule has 17 heavy (non-hydrogen) atoms. The standard InChI is InChI=1S/C14H19N3/c1-14(2,3)9-16-12-6-4-11(5-7-12)13-8-15-10-17-13/h4-8,10,16H,9H2,1-3H3,(H,15,17). The monoisotopic (exact) mass is 229 g/mol. The van der Waals surface area contributed by atoms with Crippen LogP contribution < -0.4 is 5.32 Å². The second-order valence-corrected chi connectivity index (χ2v) is 5.46. The highest BCUT2D eigenvalue weighted by Crippen LogP contribution is 2.20. The van der Waals surface area contributed by atoms with E-state index >= 15 is 0 Å². The number of imidazole rings is 1. The number of H-pyrrole nitrogens is 1. The third kappa shape index (κ3) is 3.34. The molecule has 0 amide bonds. The summed E-state index contributed by atoms with van der Waals surface area (Å²) in [7, 11) is 0. The third-order valence-corrected chi connectivity index (χ3v) is 2.52. The van der Waals surface area contributed by atoms with Crippen molar-refractivity contribution in [2.24, 2.45) is 5.41 Å². The van der Waals surface area contributed by atoms with Crippen molar-refractivity contribution < 1.29 is 0 Å². The van der Waals surface area contributed by atoms with Crippen molar-refractivity contribution in [3.63, 3.8) is 0 Å². The topological polar surface area (TPSA) is 40.7 Å². The van der Waals surface area contributed by atoms with Gasteiger partial charge in [-0.3, -0.25) is 0 Å². The number of hydrogen-bond donors (Lipinski definition) is 2. The molecule has 0 spiro atoms. The van der Waals surface area contributed by atoms with Crippen molar-refractivity contribution in [2.45, 2.75) is 20.8 Å². The molecule has 3 nitrogen and oxygen atoms in total. The first-order valence-corrected chi connectivity index (χ1v) is 5.87. The smallest absolute Gasteiger partial charge is 0.0924 e. The number of aromatic amines is 1. The van der Waals surface area contributed by atoms with E-state index < -0.39 is 0 Å². The molecule has 0 saturated carbocycles. The minimum atomic E-state index is 0.294. The number of hydrogen-bond acceptors (Lipinski definition) is 2. The van der Waals surface area contributed by atoms with E-state index in [0.29, 0.717) is 5.41 Å². The van der Waals surface area contributed by atoms with Gasteiger partial charge in [0.25, 0.3) is 0 Å². The number of anilines is 1. The highest BCUT2D eigenvalue weighted by molar-refractivity contribution is 5.61. The van der Waals surface area contributed by atoms with Gasteiger partial charge in [-0.05, 0) is 23.1 Å². The molecule has 90 valence electrons. The molecule has 0 atom stereocenters. The molecule has 0 fully saturated rings. The quantitative estimate of drug-likeness (QED) is 0.845. The van der Waals surface area contributed by atoms with Gasteiger partial charge >= 0.3 is 0 Å². The fraction of sp³-hybridized carbons (Fsp3) is 0.357. The summed E-state index contributed by atoms with van der Waals surface area (Å²) in [4.78, 5) is 7.12. The molecule has 2 aromatic rings. The van der Waals surface area contributed by atoms with Crippen LogP contribution in [0.5, 0.6) is 0 Å². The van der Waals surface area contributed by atoms with Gasteiger partial charge in [0.1, 0.15) is 0 Å². The zero-order valence-corrected chi connectivity index (χ0v) is 10.6. The second-order valence-electron chi connectivity index (χ2n) is 5.46.